The number of amides is 1. The van der Waals surface area contributed by atoms with Gasteiger partial charge in [0.25, 0.3) is 5.91 Å². The van der Waals surface area contributed by atoms with Gasteiger partial charge in [-0.3, -0.25) is 4.79 Å². The van der Waals surface area contributed by atoms with Crippen LogP contribution in [0.2, 0.25) is 0 Å². The van der Waals surface area contributed by atoms with Crippen LogP contribution in [0, 0.1) is 5.82 Å². The summed E-state index contributed by atoms with van der Waals surface area (Å²) in [4.78, 5) is 28.5. The third-order valence-electron chi connectivity index (χ3n) is 4.95. The number of nitrogens with zero attached hydrogens (tertiary/aromatic N) is 2. The maximum absolute atomic E-state index is 13.9. The van der Waals surface area contributed by atoms with Crippen LogP contribution >= 0.6 is 0 Å². The number of carbonyl (C=O) groups excluding carboxylic acids is 2. The predicted molar refractivity (Wildman–Crippen MR) is 94.5 cm³/mol. The number of cyclic esters (lactones) is 1. The van der Waals surface area contributed by atoms with Crippen molar-refractivity contribution in [2.75, 3.05) is 31.1 Å². The molecule has 0 aromatic heterocycles. The second-order valence-corrected chi connectivity index (χ2v) is 6.52. The zero-order valence-corrected chi connectivity index (χ0v) is 14.2. The first-order valence-electron chi connectivity index (χ1n) is 8.70. The molecule has 0 aliphatic carbocycles. The molecular weight excluding hydrogens is 335 g/mol. The minimum absolute atomic E-state index is 0.180. The first-order valence-corrected chi connectivity index (χ1v) is 8.70. The Morgan fingerprint density at radius 1 is 1.00 bits per heavy atom. The molecule has 26 heavy (non-hydrogen) atoms. The molecule has 0 N–H and O–H groups in total. The van der Waals surface area contributed by atoms with Crippen LogP contribution in [0.15, 0.2) is 48.5 Å². The monoisotopic (exact) mass is 354 g/mol. The highest BCUT2D eigenvalue weighted by atomic mass is 19.1. The maximum Gasteiger partial charge on any atom is 0.339 e. The molecule has 1 unspecified atom stereocenters. The number of ether oxygens (including phenoxy) is 1. The van der Waals surface area contributed by atoms with Gasteiger partial charge in [-0.1, -0.05) is 30.3 Å². The van der Waals surface area contributed by atoms with E-state index in [2.05, 4.69) is 0 Å². The number of hydrogen-bond acceptors (Lipinski definition) is 4. The summed E-state index contributed by atoms with van der Waals surface area (Å²) in [5, 5.41) is 0. The number of benzene rings is 2. The molecule has 134 valence electrons. The highest BCUT2D eigenvalue weighted by molar-refractivity contribution is 5.95. The Bertz CT molecular complexity index is 846. The van der Waals surface area contributed by atoms with Crippen molar-refractivity contribution in [1.29, 1.82) is 0 Å². The van der Waals surface area contributed by atoms with Gasteiger partial charge >= 0.3 is 5.97 Å². The lowest BCUT2D eigenvalue weighted by Gasteiger charge is -2.38. The van der Waals surface area contributed by atoms with E-state index in [9.17, 15) is 14.0 Å². The van der Waals surface area contributed by atoms with Crippen LogP contribution in [0.5, 0.6) is 0 Å². The molecule has 2 aromatic carbocycles. The molecule has 0 saturated carbocycles. The second-order valence-electron chi connectivity index (χ2n) is 6.52. The van der Waals surface area contributed by atoms with E-state index in [4.69, 9.17) is 4.74 Å². The van der Waals surface area contributed by atoms with Gasteiger partial charge in [-0.15, -0.1) is 0 Å². The highest BCUT2D eigenvalue weighted by Gasteiger charge is 2.35. The zero-order valence-electron chi connectivity index (χ0n) is 14.2. The number of halogens is 1. The van der Waals surface area contributed by atoms with E-state index in [0.29, 0.717) is 43.9 Å². The van der Waals surface area contributed by atoms with Gasteiger partial charge in [0.15, 0.2) is 6.10 Å². The van der Waals surface area contributed by atoms with Crippen molar-refractivity contribution in [3.63, 3.8) is 0 Å². The van der Waals surface area contributed by atoms with Gasteiger partial charge in [-0.2, -0.15) is 0 Å². The van der Waals surface area contributed by atoms with Gasteiger partial charge in [0.2, 0.25) is 0 Å². The topological polar surface area (TPSA) is 49.9 Å². The standard InChI is InChI=1S/C20H19FN2O3/c21-16-7-3-4-8-17(16)22-9-11-23(12-10-22)19(24)18-13-14-5-1-2-6-15(14)20(25)26-18/h1-8,18H,9-13H2. The van der Waals surface area contributed by atoms with E-state index < -0.39 is 12.1 Å². The molecule has 6 heteroatoms. The lowest BCUT2D eigenvalue weighted by Crippen LogP contribution is -2.53. The summed E-state index contributed by atoms with van der Waals surface area (Å²) in [6.07, 6.45) is -0.383. The number of para-hydroxylation sites is 1. The van der Waals surface area contributed by atoms with E-state index >= 15 is 0 Å². The Kier molecular flexibility index (Phi) is 4.32. The van der Waals surface area contributed by atoms with Gasteiger partial charge in [-0.05, 0) is 23.8 Å². The maximum atomic E-state index is 13.9. The molecule has 0 radical (unpaired) electrons. The summed E-state index contributed by atoms with van der Waals surface area (Å²) in [7, 11) is 0. The van der Waals surface area contributed by atoms with Gasteiger partial charge < -0.3 is 14.5 Å². The van der Waals surface area contributed by atoms with E-state index in [1.807, 2.05) is 17.0 Å². The summed E-state index contributed by atoms with van der Waals surface area (Å²) < 4.78 is 19.3. The highest BCUT2D eigenvalue weighted by Crippen LogP contribution is 2.24. The predicted octanol–water partition coefficient (Wildman–Crippen LogP) is 2.26. The molecule has 0 bridgehead atoms. The van der Waals surface area contributed by atoms with Gasteiger partial charge in [-0.25, -0.2) is 9.18 Å². The molecular formula is C20H19FN2O3. The van der Waals surface area contributed by atoms with E-state index in [1.54, 1.807) is 35.2 Å². The molecule has 5 nitrogen and oxygen atoms in total. The van der Waals surface area contributed by atoms with Crippen molar-refractivity contribution >= 4 is 17.6 Å². The average Bonchev–Trinajstić information content (AvgIpc) is 2.68. The Hall–Kier alpha value is -2.89. The van der Waals surface area contributed by atoms with Gasteiger partial charge in [0, 0.05) is 32.6 Å². The molecule has 1 saturated heterocycles. The second kappa shape index (κ2) is 6.78. The molecule has 4 rings (SSSR count). The normalized spacial score (nSPS) is 19.7. The lowest BCUT2D eigenvalue weighted by molar-refractivity contribution is -0.141. The Morgan fingerprint density at radius 2 is 1.69 bits per heavy atom. The SMILES string of the molecule is O=C1OC(C(=O)N2CCN(c3ccccc3F)CC2)Cc2ccccc21. The fourth-order valence-corrected chi connectivity index (χ4v) is 3.55. The van der Waals surface area contributed by atoms with E-state index in [0.717, 1.165) is 5.56 Å². The minimum Gasteiger partial charge on any atom is -0.448 e. The zero-order chi connectivity index (χ0) is 18.1. The number of rotatable bonds is 2. The number of carbonyl (C=O) groups is 2. The van der Waals surface area contributed by atoms with Gasteiger partial charge in [0.05, 0.1) is 11.3 Å². The lowest BCUT2D eigenvalue weighted by atomic mass is 9.98. The smallest absolute Gasteiger partial charge is 0.339 e. The molecule has 2 aromatic rings. The Morgan fingerprint density at radius 3 is 2.46 bits per heavy atom. The van der Waals surface area contributed by atoms with Crippen molar-refractivity contribution in [2.24, 2.45) is 0 Å². The van der Waals surface area contributed by atoms with E-state index in [-0.39, 0.29) is 11.7 Å². The van der Waals surface area contributed by atoms with Crippen LogP contribution < -0.4 is 4.90 Å². The van der Waals surface area contributed by atoms with E-state index in [1.165, 1.54) is 6.07 Å². The largest absolute Gasteiger partial charge is 0.448 e. The molecule has 1 fully saturated rings. The van der Waals surface area contributed by atoms with Crippen molar-refractivity contribution in [2.45, 2.75) is 12.5 Å². The van der Waals surface area contributed by atoms with Crippen LogP contribution in [0.1, 0.15) is 15.9 Å². The molecule has 2 heterocycles. The number of esters is 1. The summed E-state index contributed by atoms with van der Waals surface area (Å²) in [5.41, 5.74) is 1.92. The first kappa shape index (κ1) is 16.6. The Balaban J connectivity index is 1.42. The van der Waals surface area contributed by atoms with Crippen LogP contribution in [0.3, 0.4) is 0 Å². The van der Waals surface area contributed by atoms with Crippen molar-refractivity contribution in [3.05, 3.63) is 65.5 Å². The minimum atomic E-state index is -0.780. The molecule has 1 atom stereocenters. The number of piperazine rings is 1. The van der Waals surface area contributed by atoms with Crippen LogP contribution in [-0.2, 0) is 16.0 Å². The van der Waals surface area contributed by atoms with Crippen LogP contribution in [0.4, 0.5) is 10.1 Å². The number of hydrogen-bond donors (Lipinski definition) is 0. The van der Waals surface area contributed by atoms with Crippen molar-refractivity contribution in [3.8, 4) is 0 Å². The van der Waals surface area contributed by atoms with Crippen molar-refractivity contribution < 1.29 is 18.7 Å². The van der Waals surface area contributed by atoms with Gasteiger partial charge in [0.1, 0.15) is 5.82 Å². The quantitative estimate of drug-likeness (QED) is 0.777. The molecule has 1 amide bonds. The fraction of sp³-hybridized carbons (Fsp3) is 0.300. The third-order valence-corrected chi connectivity index (χ3v) is 4.95. The first-order chi connectivity index (χ1) is 12.6. The molecule has 2 aliphatic heterocycles. The third kappa shape index (κ3) is 3.03. The molecule has 0 spiro atoms. The average molecular weight is 354 g/mol. The number of anilines is 1. The van der Waals surface area contributed by atoms with Crippen LogP contribution in [0.25, 0.3) is 0 Å². The Labute approximate surface area is 151 Å². The number of fused-ring (bicyclic) bond motifs is 1. The summed E-state index contributed by atoms with van der Waals surface area (Å²) in [6, 6.07) is 13.8. The fourth-order valence-electron chi connectivity index (χ4n) is 3.55. The van der Waals surface area contributed by atoms with Crippen molar-refractivity contribution in [1.82, 2.24) is 4.90 Å². The molecule has 2 aliphatic rings. The van der Waals surface area contributed by atoms with Crippen LogP contribution in [-0.4, -0.2) is 49.1 Å². The summed E-state index contributed by atoms with van der Waals surface area (Å²) in [6.45, 7) is 2.04. The summed E-state index contributed by atoms with van der Waals surface area (Å²) >= 11 is 0. The summed E-state index contributed by atoms with van der Waals surface area (Å²) in [5.74, 6) is -0.888.